The van der Waals surface area contributed by atoms with Gasteiger partial charge in [-0.2, -0.15) is 0 Å². The molecule has 2 saturated heterocycles. The van der Waals surface area contributed by atoms with Gasteiger partial charge in [0, 0.05) is 25.2 Å². The van der Waals surface area contributed by atoms with E-state index in [4.69, 9.17) is 4.84 Å². The summed E-state index contributed by atoms with van der Waals surface area (Å²) < 4.78 is 13.9. The van der Waals surface area contributed by atoms with Gasteiger partial charge in [0.25, 0.3) is 0 Å². The van der Waals surface area contributed by atoms with E-state index in [1.165, 1.54) is 11.1 Å². The van der Waals surface area contributed by atoms with E-state index in [9.17, 15) is 14.0 Å². The summed E-state index contributed by atoms with van der Waals surface area (Å²) in [6.45, 7) is 2.47. The minimum absolute atomic E-state index is 0.0420. The Morgan fingerprint density at radius 2 is 2.17 bits per heavy atom. The Labute approximate surface area is 134 Å². The first-order valence-corrected chi connectivity index (χ1v) is 7.83. The number of hydrogen-bond donors (Lipinski definition) is 1. The molecule has 0 saturated carbocycles. The van der Waals surface area contributed by atoms with Crippen LogP contribution in [0.15, 0.2) is 24.3 Å². The van der Waals surface area contributed by atoms with Crippen LogP contribution in [0.4, 0.5) is 4.39 Å². The molecular formula is C16H20FN3O3. The third-order valence-electron chi connectivity index (χ3n) is 4.17. The van der Waals surface area contributed by atoms with Gasteiger partial charge in [-0.3, -0.25) is 19.3 Å². The average Bonchev–Trinajstić information content (AvgIpc) is 3.07. The number of carbonyl (C=O) groups is 2. The average molecular weight is 321 g/mol. The monoisotopic (exact) mass is 321 g/mol. The first kappa shape index (κ1) is 15.9. The molecule has 7 heteroatoms. The zero-order valence-electron chi connectivity index (χ0n) is 12.8. The van der Waals surface area contributed by atoms with E-state index >= 15 is 0 Å². The van der Waals surface area contributed by atoms with Gasteiger partial charge in [0.2, 0.25) is 11.8 Å². The lowest BCUT2D eigenvalue weighted by molar-refractivity contribution is -0.171. The molecule has 2 fully saturated rings. The van der Waals surface area contributed by atoms with E-state index in [-0.39, 0.29) is 24.1 Å². The number of carbonyl (C=O) groups excluding carboxylic acids is 2. The summed E-state index contributed by atoms with van der Waals surface area (Å²) >= 11 is 0. The zero-order valence-corrected chi connectivity index (χ0v) is 12.8. The Bertz CT molecular complexity index is 590. The molecule has 0 unspecified atom stereocenters. The van der Waals surface area contributed by atoms with Crippen molar-refractivity contribution in [2.24, 2.45) is 0 Å². The van der Waals surface area contributed by atoms with Crippen molar-refractivity contribution in [1.82, 2.24) is 15.3 Å². The van der Waals surface area contributed by atoms with Crippen LogP contribution in [0.25, 0.3) is 0 Å². The second-order valence-corrected chi connectivity index (χ2v) is 5.76. The number of nitrogens with one attached hydrogen (secondary N) is 1. The lowest BCUT2D eigenvalue weighted by Gasteiger charge is -2.35. The molecule has 1 aromatic carbocycles. The molecule has 6 nitrogen and oxygen atoms in total. The van der Waals surface area contributed by atoms with E-state index < -0.39 is 6.04 Å². The highest BCUT2D eigenvalue weighted by atomic mass is 19.1. The summed E-state index contributed by atoms with van der Waals surface area (Å²) in [4.78, 5) is 31.5. The van der Waals surface area contributed by atoms with Crippen LogP contribution >= 0.6 is 0 Å². The maximum Gasteiger partial charge on any atom is 0.248 e. The molecule has 0 spiro atoms. The fourth-order valence-electron chi connectivity index (χ4n) is 2.93. The third kappa shape index (κ3) is 3.68. The van der Waals surface area contributed by atoms with Crippen molar-refractivity contribution in [3.63, 3.8) is 0 Å². The van der Waals surface area contributed by atoms with Crippen molar-refractivity contribution in [1.29, 1.82) is 0 Å². The van der Waals surface area contributed by atoms with Crippen LogP contribution in [0.3, 0.4) is 0 Å². The number of halogens is 1. The van der Waals surface area contributed by atoms with Crippen LogP contribution in [0.2, 0.25) is 0 Å². The van der Waals surface area contributed by atoms with Crippen molar-refractivity contribution < 1.29 is 18.8 Å². The fraction of sp³-hybridized carbons (Fsp3) is 0.500. The molecule has 23 heavy (non-hydrogen) atoms. The number of nitrogens with zero attached hydrogens (tertiary/aromatic N) is 2. The quantitative estimate of drug-likeness (QED) is 0.886. The molecule has 1 N–H and O–H groups in total. The van der Waals surface area contributed by atoms with Crippen molar-refractivity contribution in [2.45, 2.75) is 25.4 Å². The smallest absolute Gasteiger partial charge is 0.248 e. The maximum atomic E-state index is 13.9. The lowest BCUT2D eigenvalue weighted by Crippen LogP contribution is -2.56. The summed E-state index contributed by atoms with van der Waals surface area (Å²) in [6, 6.07) is 5.90. The number of benzene rings is 1. The zero-order chi connectivity index (χ0) is 16.2. The first-order valence-electron chi connectivity index (χ1n) is 7.83. The Balaban J connectivity index is 1.70. The van der Waals surface area contributed by atoms with Gasteiger partial charge in [0.15, 0.2) is 0 Å². The predicted molar refractivity (Wildman–Crippen MR) is 80.5 cm³/mol. The molecule has 0 bridgehead atoms. The largest absolute Gasteiger partial charge is 0.353 e. The summed E-state index contributed by atoms with van der Waals surface area (Å²) in [5.41, 5.74) is 0.525. The normalized spacial score (nSPS) is 22.2. The van der Waals surface area contributed by atoms with E-state index in [0.717, 1.165) is 6.42 Å². The lowest BCUT2D eigenvalue weighted by atomic mass is 10.1. The minimum atomic E-state index is -0.597. The van der Waals surface area contributed by atoms with Gasteiger partial charge in [0.1, 0.15) is 5.82 Å². The molecule has 2 amide bonds. The van der Waals surface area contributed by atoms with E-state index in [1.807, 2.05) is 4.90 Å². The highest BCUT2D eigenvalue weighted by molar-refractivity contribution is 5.88. The van der Waals surface area contributed by atoms with E-state index in [1.54, 1.807) is 18.2 Å². The van der Waals surface area contributed by atoms with Crippen molar-refractivity contribution >= 4 is 11.8 Å². The Hall–Kier alpha value is -1.99. The highest BCUT2D eigenvalue weighted by Gasteiger charge is 2.34. The standard InChI is InChI=1S/C16H20FN3O3/c17-13-5-2-1-4-12(13)11-19-8-6-18-16(22)14(19)10-15(21)20-7-3-9-23-20/h1-2,4-5,14H,3,6-11H2,(H,18,22)/t14-/m0/s1. The van der Waals surface area contributed by atoms with Gasteiger partial charge >= 0.3 is 0 Å². The molecule has 2 aliphatic rings. The van der Waals surface area contributed by atoms with Crippen molar-refractivity contribution in [3.8, 4) is 0 Å². The van der Waals surface area contributed by atoms with E-state index in [2.05, 4.69) is 5.32 Å². The molecule has 0 aromatic heterocycles. The number of amides is 2. The SMILES string of the molecule is O=C1NCCN(Cc2ccccc2F)[C@H]1CC(=O)N1CCCO1. The third-order valence-corrected chi connectivity index (χ3v) is 4.17. The molecule has 0 aliphatic carbocycles. The van der Waals surface area contributed by atoms with Gasteiger partial charge in [-0.05, 0) is 12.5 Å². The minimum Gasteiger partial charge on any atom is -0.353 e. The van der Waals surface area contributed by atoms with Crippen molar-refractivity contribution in [2.75, 3.05) is 26.2 Å². The second-order valence-electron chi connectivity index (χ2n) is 5.76. The Morgan fingerprint density at radius 3 is 2.91 bits per heavy atom. The Kier molecular flexibility index (Phi) is 4.88. The molecule has 0 radical (unpaired) electrons. The molecular weight excluding hydrogens is 301 g/mol. The van der Waals surface area contributed by atoms with Gasteiger partial charge in [-0.15, -0.1) is 0 Å². The number of piperazine rings is 1. The summed E-state index contributed by atoms with van der Waals surface area (Å²) in [6.07, 6.45) is 0.849. The summed E-state index contributed by atoms with van der Waals surface area (Å²) in [5, 5.41) is 4.10. The first-order chi connectivity index (χ1) is 11.1. The van der Waals surface area contributed by atoms with Crippen LogP contribution < -0.4 is 5.32 Å². The Morgan fingerprint density at radius 1 is 1.35 bits per heavy atom. The number of hydrogen-bond acceptors (Lipinski definition) is 4. The summed E-state index contributed by atoms with van der Waals surface area (Å²) in [7, 11) is 0. The second kappa shape index (κ2) is 7.06. The summed E-state index contributed by atoms with van der Waals surface area (Å²) in [5.74, 6) is -0.699. The van der Waals surface area contributed by atoms with Gasteiger partial charge < -0.3 is 5.32 Å². The highest BCUT2D eigenvalue weighted by Crippen LogP contribution is 2.18. The van der Waals surface area contributed by atoms with Crippen molar-refractivity contribution in [3.05, 3.63) is 35.6 Å². The number of hydroxylamine groups is 2. The fourth-order valence-corrected chi connectivity index (χ4v) is 2.93. The van der Waals surface area contributed by atoms with Crippen LogP contribution in [0.5, 0.6) is 0 Å². The van der Waals surface area contributed by atoms with E-state index in [0.29, 0.717) is 38.3 Å². The molecule has 2 heterocycles. The van der Waals surface area contributed by atoms with Crippen LogP contribution in [0, 0.1) is 5.82 Å². The van der Waals surface area contributed by atoms with Gasteiger partial charge in [0.05, 0.1) is 25.6 Å². The molecule has 1 aromatic rings. The van der Waals surface area contributed by atoms with Crippen LogP contribution in [-0.2, 0) is 21.0 Å². The predicted octanol–water partition coefficient (Wildman–Crippen LogP) is 0.680. The topological polar surface area (TPSA) is 61.9 Å². The number of rotatable bonds is 4. The molecule has 1 atom stereocenters. The molecule has 2 aliphatic heterocycles. The molecule has 124 valence electrons. The van der Waals surface area contributed by atoms with Crippen LogP contribution in [0.1, 0.15) is 18.4 Å². The van der Waals surface area contributed by atoms with Gasteiger partial charge in [-0.25, -0.2) is 9.45 Å². The van der Waals surface area contributed by atoms with Gasteiger partial charge in [-0.1, -0.05) is 18.2 Å². The molecule has 3 rings (SSSR count). The maximum absolute atomic E-state index is 13.9. The van der Waals surface area contributed by atoms with Crippen LogP contribution in [-0.4, -0.2) is 54.1 Å².